The minimum atomic E-state index is -1.21. The van der Waals surface area contributed by atoms with Gasteiger partial charge in [-0.1, -0.05) is 0 Å². The second kappa shape index (κ2) is 18.7. The highest BCUT2D eigenvalue weighted by Gasteiger charge is 2.37. The average Bonchev–Trinajstić information content (AvgIpc) is 3.10. The number of hydrogen-bond acceptors (Lipinski definition) is 11. The largest absolute Gasteiger partial charge is 0.480 e. The fourth-order valence-electron chi connectivity index (χ4n) is 4.72. The highest BCUT2D eigenvalue weighted by molar-refractivity contribution is 5.99. The van der Waals surface area contributed by atoms with Gasteiger partial charge in [-0.15, -0.1) is 0 Å². The summed E-state index contributed by atoms with van der Waals surface area (Å²) in [5.41, 5.74) is 12.4. The molecule has 1 heterocycles. The van der Waals surface area contributed by atoms with Crippen molar-refractivity contribution < 1.29 is 48.1 Å². The quantitative estimate of drug-likeness (QED) is 0.0822. The lowest BCUT2D eigenvalue weighted by atomic mass is 10.0. The highest BCUT2D eigenvalue weighted by atomic mass is 16.5. The summed E-state index contributed by atoms with van der Waals surface area (Å²) in [6.45, 7) is -0.843. The van der Waals surface area contributed by atoms with E-state index in [9.17, 15) is 38.7 Å². The summed E-state index contributed by atoms with van der Waals surface area (Å²) in [6, 6.07) is 10.8. The van der Waals surface area contributed by atoms with Crippen LogP contribution in [0.25, 0.3) is 0 Å². The predicted octanol–water partition coefficient (Wildman–Crippen LogP) is -0.645. The number of guanidine groups is 2. The number of carbonyl (C=O) groups excluding carboxylic acids is 6. The lowest BCUT2D eigenvalue weighted by Gasteiger charge is -2.40. The van der Waals surface area contributed by atoms with E-state index in [4.69, 9.17) is 11.5 Å². The van der Waals surface area contributed by atoms with Crippen molar-refractivity contribution in [1.29, 1.82) is 0 Å². The van der Waals surface area contributed by atoms with Crippen LogP contribution in [0.1, 0.15) is 33.6 Å². The molecule has 1 atom stereocenters. The van der Waals surface area contributed by atoms with Gasteiger partial charge in [0.2, 0.25) is 23.7 Å². The number of benzene rings is 2. The maximum absolute atomic E-state index is 13.2. The van der Waals surface area contributed by atoms with Gasteiger partial charge in [0.25, 0.3) is 11.8 Å². The first-order valence-electron chi connectivity index (χ1n) is 15.3. The molecule has 1 fully saturated rings. The molecule has 0 radical (unpaired) electrons. The van der Waals surface area contributed by atoms with Gasteiger partial charge in [-0.3, -0.25) is 34.6 Å². The van der Waals surface area contributed by atoms with E-state index < -0.39 is 60.9 Å². The standard InChI is InChI=1S/C31H38N10O10/c1-50-30(48)38-28(32)36-20-9-5-18(6-10-20)25(45)34-13-3-4-22-27(47)40(17-24(43)44)14-15-41(22)23(42)16-35-26(46)19-7-11-21(12-8-19)37-29(33)39-31(49)51-2/h5-12,22H,3-4,13-17H2,1-2H3,(H,34,45)(H,35,46)(H,43,44)(H3,32,36,38,48)(H3,33,37,39,49)/t22-/m0/s1. The van der Waals surface area contributed by atoms with Crippen molar-refractivity contribution in [2.24, 2.45) is 21.5 Å². The summed E-state index contributed by atoms with van der Waals surface area (Å²) in [7, 11) is 2.33. The van der Waals surface area contributed by atoms with Crippen LogP contribution in [-0.4, -0.2) is 122 Å². The SMILES string of the molecule is COC(=O)NC(N)=Nc1ccc(C(=O)NCCC[C@H]2C(=O)N(CC(=O)O)CCN2C(=O)CNC(=O)c2ccc(N=C(N)NC(=O)OC)cc2)cc1. The minimum Gasteiger partial charge on any atom is -0.480 e. The molecule has 20 heteroatoms. The summed E-state index contributed by atoms with van der Waals surface area (Å²) >= 11 is 0. The molecule has 2 aromatic carbocycles. The van der Waals surface area contributed by atoms with E-state index in [1.165, 1.54) is 60.5 Å². The van der Waals surface area contributed by atoms with Gasteiger partial charge in [0.05, 0.1) is 32.1 Å². The van der Waals surface area contributed by atoms with E-state index in [0.29, 0.717) is 16.9 Å². The van der Waals surface area contributed by atoms with Crippen molar-refractivity contribution in [1.82, 2.24) is 31.1 Å². The van der Waals surface area contributed by atoms with Crippen molar-refractivity contribution >= 4 is 65.1 Å². The van der Waals surface area contributed by atoms with Crippen molar-refractivity contribution in [3.8, 4) is 0 Å². The molecule has 6 amide bonds. The van der Waals surface area contributed by atoms with Crippen LogP contribution in [0.15, 0.2) is 58.5 Å². The normalized spacial score (nSPS) is 14.6. The number of piperazine rings is 1. The number of hydrogen-bond donors (Lipinski definition) is 7. The number of rotatable bonds is 12. The zero-order chi connectivity index (χ0) is 37.5. The molecule has 272 valence electrons. The van der Waals surface area contributed by atoms with Crippen molar-refractivity contribution in [3.63, 3.8) is 0 Å². The molecule has 20 nitrogen and oxygen atoms in total. The molecule has 9 N–H and O–H groups in total. The summed E-state index contributed by atoms with van der Waals surface area (Å²) in [4.78, 5) is 96.1. The molecule has 0 bridgehead atoms. The van der Waals surface area contributed by atoms with Crippen molar-refractivity contribution in [3.05, 3.63) is 59.7 Å². The molecule has 51 heavy (non-hydrogen) atoms. The average molecular weight is 711 g/mol. The number of carboxylic acid groups (broad SMARTS) is 1. The van der Waals surface area contributed by atoms with Gasteiger partial charge in [-0.25, -0.2) is 19.6 Å². The zero-order valence-corrected chi connectivity index (χ0v) is 27.7. The van der Waals surface area contributed by atoms with E-state index in [0.717, 1.165) is 12.0 Å². The van der Waals surface area contributed by atoms with Gasteiger partial charge in [0.15, 0.2) is 0 Å². The molecule has 0 spiro atoms. The number of nitrogens with zero attached hydrogens (tertiary/aromatic N) is 4. The van der Waals surface area contributed by atoms with E-state index in [2.05, 4.69) is 40.7 Å². The molecule has 0 unspecified atom stereocenters. The van der Waals surface area contributed by atoms with Crippen LogP contribution in [0, 0.1) is 0 Å². The number of carboxylic acids is 1. The number of amides is 6. The summed E-state index contributed by atoms with van der Waals surface area (Å²) in [6.07, 6.45) is -1.24. The molecule has 0 aliphatic carbocycles. The number of alkyl carbamates (subject to hydrolysis) is 2. The van der Waals surface area contributed by atoms with Gasteiger partial charge in [0, 0.05) is 30.8 Å². The van der Waals surface area contributed by atoms with Crippen LogP contribution in [0.5, 0.6) is 0 Å². The van der Waals surface area contributed by atoms with Crippen LogP contribution < -0.4 is 32.7 Å². The smallest absolute Gasteiger partial charge is 0.413 e. The Morgan fingerprint density at radius 3 is 1.76 bits per heavy atom. The molecule has 1 aliphatic rings. The first-order valence-corrected chi connectivity index (χ1v) is 15.3. The number of methoxy groups -OCH3 is 2. The number of aliphatic carboxylic acids is 1. The van der Waals surface area contributed by atoms with Crippen LogP contribution in [-0.2, 0) is 23.9 Å². The van der Waals surface area contributed by atoms with Gasteiger partial charge in [-0.05, 0) is 61.4 Å². The molecule has 0 saturated carbocycles. The van der Waals surface area contributed by atoms with Crippen LogP contribution in [0.3, 0.4) is 0 Å². The fourth-order valence-corrected chi connectivity index (χ4v) is 4.72. The van der Waals surface area contributed by atoms with Crippen molar-refractivity contribution in [2.45, 2.75) is 18.9 Å². The molecule has 1 saturated heterocycles. The van der Waals surface area contributed by atoms with Crippen LogP contribution >= 0.6 is 0 Å². The van der Waals surface area contributed by atoms with Crippen molar-refractivity contribution in [2.75, 3.05) is 46.9 Å². The highest BCUT2D eigenvalue weighted by Crippen LogP contribution is 2.18. The monoisotopic (exact) mass is 710 g/mol. The molecule has 0 aromatic heterocycles. The lowest BCUT2D eigenvalue weighted by Crippen LogP contribution is -2.60. The molecular formula is C31H38N10O10. The van der Waals surface area contributed by atoms with Crippen LogP contribution in [0.2, 0.25) is 0 Å². The van der Waals surface area contributed by atoms with E-state index in [1.54, 1.807) is 0 Å². The van der Waals surface area contributed by atoms with Gasteiger partial charge in [0.1, 0.15) is 12.6 Å². The Labute approximate surface area is 291 Å². The van der Waals surface area contributed by atoms with E-state index >= 15 is 0 Å². The molecular weight excluding hydrogens is 672 g/mol. The van der Waals surface area contributed by atoms with Gasteiger partial charge < -0.3 is 46.5 Å². The molecule has 3 rings (SSSR count). The van der Waals surface area contributed by atoms with E-state index in [-0.39, 0.29) is 50.0 Å². The lowest BCUT2D eigenvalue weighted by molar-refractivity contribution is -0.155. The zero-order valence-electron chi connectivity index (χ0n) is 27.7. The second-order valence-electron chi connectivity index (χ2n) is 10.7. The molecule has 2 aromatic rings. The number of aliphatic imine (C=N–C) groups is 2. The maximum atomic E-state index is 13.2. The third-order valence-electron chi connectivity index (χ3n) is 7.16. The van der Waals surface area contributed by atoms with Crippen LogP contribution in [0.4, 0.5) is 21.0 Å². The Morgan fingerprint density at radius 2 is 1.29 bits per heavy atom. The third-order valence-corrected chi connectivity index (χ3v) is 7.16. The second-order valence-corrected chi connectivity index (χ2v) is 10.7. The Bertz CT molecular complexity index is 1680. The number of carbonyl (C=O) groups is 7. The Balaban J connectivity index is 1.57. The number of nitrogens with one attached hydrogen (secondary N) is 4. The van der Waals surface area contributed by atoms with E-state index in [1.807, 2.05) is 0 Å². The van der Waals surface area contributed by atoms with Gasteiger partial charge >= 0.3 is 18.2 Å². The third kappa shape index (κ3) is 12.0. The Hall–Kier alpha value is -6.73. The number of ether oxygens (including phenoxy) is 2. The summed E-state index contributed by atoms with van der Waals surface area (Å²) < 4.78 is 8.87. The first kappa shape index (κ1) is 38.7. The Kier molecular flexibility index (Phi) is 14.2. The van der Waals surface area contributed by atoms with Gasteiger partial charge in [-0.2, -0.15) is 0 Å². The minimum absolute atomic E-state index is 0.0154. The predicted molar refractivity (Wildman–Crippen MR) is 180 cm³/mol. The fraction of sp³-hybridized carbons (Fsp3) is 0.323. The first-order chi connectivity index (χ1) is 24.3. The Morgan fingerprint density at radius 1 is 0.804 bits per heavy atom. The number of nitrogens with two attached hydrogens (primary N) is 2. The maximum Gasteiger partial charge on any atom is 0.413 e. The summed E-state index contributed by atoms with van der Waals surface area (Å²) in [5.74, 6) is -3.78. The summed E-state index contributed by atoms with van der Waals surface area (Å²) in [5, 5.41) is 18.9. The topological polar surface area (TPSA) is 290 Å². The molecule has 1 aliphatic heterocycles.